The third-order valence-corrected chi connectivity index (χ3v) is 6.26. The van der Waals surface area contributed by atoms with E-state index in [2.05, 4.69) is 0 Å². The Morgan fingerprint density at radius 1 is 0.816 bits per heavy atom. The van der Waals surface area contributed by atoms with E-state index in [0.29, 0.717) is 34.0 Å². The first-order chi connectivity index (χ1) is 17.8. The van der Waals surface area contributed by atoms with Crippen molar-refractivity contribution >= 4 is 16.7 Å². The summed E-state index contributed by atoms with van der Waals surface area (Å²) in [6, 6.07) is 16.7. The SMILES string of the molecule is CCN(Cc1cc(C(F)(F)F)cc(C(F)(F)F)c1)C(=O)c1c(-c2ccccc2)c2ccccc2c(=O)n1C. The number of benzene rings is 3. The average molecular weight is 532 g/mol. The van der Waals surface area contributed by atoms with E-state index in [4.69, 9.17) is 0 Å². The Balaban J connectivity index is 1.88. The zero-order valence-electron chi connectivity index (χ0n) is 20.3. The molecule has 1 heterocycles. The van der Waals surface area contributed by atoms with Crippen molar-refractivity contribution in [1.29, 1.82) is 0 Å². The molecule has 10 heteroatoms. The zero-order chi connectivity index (χ0) is 27.8. The summed E-state index contributed by atoms with van der Waals surface area (Å²) in [5, 5.41) is 0.862. The fourth-order valence-electron chi connectivity index (χ4n) is 4.42. The molecule has 38 heavy (non-hydrogen) atoms. The summed E-state index contributed by atoms with van der Waals surface area (Å²) >= 11 is 0. The molecule has 0 fully saturated rings. The molecule has 0 bridgehead atoms. The number of pyridine rings is 1. The Morgan fingerprint density at radius 2 is 1.34 bits per heavy atom. The van der Waals surface area contributed by atoms with Gasteiger partial charge < -0.3 is 9.47 Å². The van der Waals surface area contributed by atoms with Crippen LogP contribution in [0.3, 0.4) is 0 Å². The number of alkyl halides is 6. The highest BCUT2D eigenvalue weighted by Gasteiger charge is 2.37. The van der Waals surface area contributed by atoms with Gasteiger partial charge in [0.05, 0.1) is 11.1 Å². The van der Waals surface area contributed by atoms with Gasteiger partial charge in [0.2, 0.25) is 0 Å². The molecule has 1 aromatic heterocycles. The Labute approximate surface area is 213 Å². The van der Waals surface area contributed by atoms with Gasteiger partial charge in [-0.1, -0.05) is 48.5 Å². The lowest BCUT2D eigenvalue weighted by Gasteiger charge is -2.25. The molecule has 0 N–H and O–H groups in total. The number of carbonyl (C=O) groups is 1. The third-order valence-electron chi connectivity index (χ3n) is 6.26. The molecule has 198 valence electrons. The molecule has 1 amide bonds. The van der Waals surface area contributed by atoms with Crippen molar-refractivity contribution in [3.8, 4) is 11.1 Å². The van der Waals surface area contributed by atoms with Gasteiger partial charge >= 0.3 is 12.4 Å². The standard InChI is InChI=1S/C28H22F6N2O2/c1-3-36(16-17-13-19(27(29,30)31)15-20(14-17)28(32,33)34)26(38)24-23(18-9-5-4-6-10-18)21-11-7-8-12-22(21)25(37)35(24)2/h4-15H,3,16H2,1-2H3. The molecule has 0 radical (unpaired) electrons. The monoisotopic (exact) mass is 532 g/mol. The summed E-state index contributed by atoms with van der Waals surface area (Å²) in [5.41, 5.74) is -2.69. The summed E-state index contributed by atoms with van der Waals surface area (Å²) < 4.78 is 81.4. The highest BCUT2D eigenvalue weighted by molar-refractivity contribution is 6.08. The zero-order valence-corrected chi connectivity index (χ0v) is 20.3. The van der Waals surface area contributed by atoms with E-state index in [0.717, 1.165) is 4.90 Å². The van der Waals surface area contributed by atoms with Gasteiger partial charge in [0.1, 0.15) is 5.69 Å². The normalized spacial score (nSPS) is 12.1. The summed E-state index contributed by atoms with van der Waals surface area (Å²) in [7, 11) is 1.41. The van der Waals surface area contributed by atoms with Crippen LogP contribution in [0, 0.1) is 0 Å². The van der Waals surface area contributed by atoms with E-state index in [1.165, 1.54) is 11.6 Å². The number of hydrogen-bond donors (Lipinski definition) is 0. The van der Waals surface area contributed by atoms with Gasteiger partial charge in [-0.25, -0.2) is 0 Å². The third kappa shape index (κ3) is 5.16. The molecule has 0 spiro atoms. The number of amides is 1. The van der Waals surface area contributed by atoms with Crippen LogP contribution in [0.1, 0.15) is 34.1 Å². The molecule has 4 aromatic rings. The second kappa shape index (κ2) is 10.00. The van der Waals surface area contributed by atoms with Crippen molar-refractivity contribution in [2.75, 3.05) is 6.54 Å². The number of carbonyl (C=O) groups excluding carboxylic acids is 1. The maximum absolute atomic E-state index is 13.9. The van der Waals surface area contributed by atoms with Gasteiger partial charge in [0.15, 0.2) is 0 Å². The topological polar surface area (TPSA) is 42.3 Å². The van der Waals surface area contributed by atoms with Crippen LogP contribution in [0.15, 0.2) is 77.6 Å². The van der Waals surface area contributed by atoms with Crippen molar-refractivity contribution in [3.05, 3.63) is 106 Å². The lowest BCUT2D eigenvalue weighted by Crippen LogP contribution is -2.35. The lowest BCUT2D eigenvalue weighted by atomic mass is 9.96. The second-order valence-corrected chi connectivity index (χ2v) is 8.73. The Kier molecular flexibility index (Phi) is 7.10. The van der Waals surface area contributed by atoms with Gasteiger partial charge in [-0.3, -0.25) is 9.59 Å². The minimum Gasteiger partial charge on any atom is -0.333 e. The van der Waals surface area contributed by atoms with Gasteiger partial charge in [-0.2, -0.15) is 26.3 Å². The molecule has 0 aliphatic heterocycles. The Hall–Kier alpha value is -4.08. The molecule has 4 rings (SSSR count). The van der Waals surface area contributed by atoms with Gasteiger partial charge in [-0.15, -0.1) is 0 Å². The summed E-state index contributed by atoms with van der Waals surface area (Å²) in [5.74, 6) is -0.706. The van der Waals surface area contributed by atoms with E-state index < -0.39 is 41.5 Å². The van der Waals surface area contributed by atoms with Crippen molar-refractivity contribution in [1.82, 2.24) is 9.47 Å². The molecular weight excluding hydrogens is 510 g/mol. The number of rotatable bonds is 5. The first-order valence-electron chi connectivity index (χ1n) is 11.6. The quantitative estimate of drug-likeness (QED) is 0.262. The van der Waals surface area contributed by atoms with Crippen LogP contribution < -0.4 is 5.56 Å². The maximum atomic E-state index is 13.9. The van der Waals surface area contributed by atoms with Crippen LogP contribution in [0.25, 0.3) is 21.9 Å². The number of halogens is 6. The van der Waals surface area contributed by atoms with E-state index in [1.807, 2.05) is 0 Å². The molecule has 4 nitrogen and oxygen atoms in total. The summed E-state index contributed by atoms with van der Waals surface area (Å²) in [6.45, 7) is 0.987. The molecule has 0 aliphatic rings. The lowest BCUT2D eigenvalue weighted by molar-refractivity contribution is -0.143. The highest BCUT2D eigenvalue weighted by Crippen LogP contribution is 2.37. The fourth-order valence-corrected chi connectivity index (χ4v) is 4.42. The average Bonchev–Trinajstić information content (AvgIpc) is 2.88. The predicted octanol–water partition coefficient (Wildman–Crippen LogP) is 6.91. The van der Waals surface area contributed by atoms with E-state index in [9.17, 15) is 35.9 Å². The van der Waals surface area contributed by atoms with Crippen LogP contribution in [0.5, 0.6) is 0 Å². The van der Waals surface area contributed by atoms with Crippen molar-refractivity contribution in [2.45, 2.75) is 25.8 Å². The summed E-state index contributed by atoms with van der Waals surface area (Å²) in [6.07, 6.45) is -10.0. The number of fused-ring (bicyclic) bond motifs is 1. The van der Waals surface area contributed by atoms with Crippen molar-refractivity contribution in [3.63, 3.8) is 0 Å². The number of hydrogen-bond acceptors (Lipinski definition) is 2. The Bertz CT molecular complexity index is 1520. The summed E-state index contributed by atoms with van der Waals surface area (Å²) in [4.78, 5) is 28.2. The largest absolute Gasteiger partial charge is 0.416 e. The molecule has 0 atom stereocenters. The first-order valence-corrected chi connectivity index (χ1v) is 11.6. The molecule has 0 saturated heterocycles. The molecule has 0 aliphatic carbocycles. The number of aromatic nitrogens is 1. The highest BCUT2D eigenvalue weighted by atomic mass is 19.4. The molecular formula is C28H22F6N2O2. The van der Waals surface area contributed by atoms with Crippen molar-refractivity contribution in [2.24, 2.45) is 7.05 Å². The first kappa shape index (κ1) is 27.0. The fraction of sp³-hybridized carbons (Fsp3) is 0.214. The minimum absolute atomic E-state index is 0.0234. The smallest absolute Gasteiger partial charge is 0.333 e. The maximum Gasteiger partial charge on any atom is 0.416 e. The van der Waals surface area contributed by atoms with Crippen LogP contribution in [-0.4, -0.2) is 21.9 Å². The Morgan fingerprint density at radius 3 is 1.87 bits per heavy atom. The molecule has 0 saturated carbocycles. The van der Waals surface area contributed by atoms with Gasteiger partial charge in [0, 0.05) is 31.1 Å². The van der Waals surface area contributed by atoms with Gasteiger partial charge in [-0.05, 0) is 47.7 Å². The van der Waals surface area contributed by atoms with Crippen LogP contribution in [0.4, 0.5) is 26.3 Å². The van der Waals surface area contributed by atoms with E-state index in [-0.39, 0.29) is 23.9 Å². The van der Waals surface area contributed by atoms with Gasteiger partial charge in [0.25, 0.3) is 11.5 Å². The van der Waals surface area contributed by atoms with E-state index >= 15 is 0 Å². The van der Waals surface area contributed by atoms with Crippen LogP contribution >= 0.6 is 0 Å². The van der Waals surface area contributed by atoms with E-state index in [1.54, 1.807) is 61.5 Å². The van der Waals surface area contributed by atoms with Crippen LogP contribution in [-0.2, 0) is 25.9 Å². The molecule has 3 aromatic carbocycles. The van der Waals surface area contributed by atoms with Crippen molar-refractivity contribution < 1.29 is 31.1 Å². The second-order valence-electron chi connectivity index (χ2n) is 8.73. The minimum atomic E-state index is -5.01. The predicted molar refractivity (Wildman–Crippen MR) is 131 cm³/mol. The number of nitrogens with zero attached hydrogens (tertiary/aromatic N) is 2. The molecule has 0 unspecified atom stereocenters. The van der Waals surface area contributed by atoms with Crippen LogP contribution in [0.2, 0.25) is 0 Å².